The van der Waals surface area contributed by atoms with Crippen LogP contribution in [0.4, 0.5) is 10.1 Å². The van der Waals surface area contributed by atoms with Gasteiger partial charge in [-0.1, -0.05) is 0 Å². The number of nitrogen functional groups attached to an aromatic ring is 1. The Labute approximate surface area is 141 Å². The van der Waals surface area contributed by atoms with Gasteiger partial charge in [0.1, 0.15) is 11.4 Å². The lowest BCUT2D eigenvalue weighted by Gasteiger charge is -2.13. The van der Waals surface area contributed by atoms with Crippen molar-refractivity contribution in [3.8, 4) is 11.3 Å². The van der Waals surface area contributed by atoms with Gasteiger partial charge in [-0.3, -0.25) is 9.78 Å². The number of anilines is 1. The van der Waals surface area contributed by atoms with Crippen molar-refractivity contribution in [2.75, 3.05) is 5.73 Å². The van der Waals surface area contributed by atoms with Crippen LogP contribution in [0, 0.1) is 5.82 Å². The molecule has 126 valence electrons. The molecule has 6 nitrogen and oxygen atoms in total. The van der Waals surface area contributed by atoms with E-state index in [-0.39, 0.29) is 22.6 Å². The van der Waals surface area contributed by atoms with Crippen LogP contribution >= 0.6 is 0 Å². The number of nitrogens with zero attached hydrogens (tertiary/aromatic N) is 2. The number of carboxylic acids is 1. The molecule has 25 heavy (non-hydrogen) atoms. The maximum atomic E-state index is 14.6. The molecular formula is C18H14FN3O3. The SMILES string of the molecule is Nc1ccc(-c2cc3c(cc2F)c(=O)c(C(=O)O)cn3C2CC2)nc1. The lowest BCUT2D eigenvalue weighted by molar-refractivity contribution is 0.0695. The summed E-state index contributed by atoms with van der Waals surface area (Å²) in [5.41, 5.74) is 6.18. The Kier molecular flexibility index (Phi) is 3.31. The van der Waals surface area contributed by atoms with E-state index in [4.69, 9.17) is 5.73 Å². The molecule has 4 rings (SSSR count). The van der Waals surface area contributed by atoms with Gasteiger partial charge in [-0.25, -0.2) is 9.18 Å². The van der Waals surface area contributed by atoms with Crippen molar-refractivity contribution in [2.24, 2.45) is 0 Å². The first-order valence-electron chi connectivity index (χ1n) is 7.79. The van der Waals surface area contributed by atoms with E-state index in [1.54, 1.807) is 22.8 Å². The van der Waals surface area contributed by atoms with Crippen molar-refractivity contribution in [1.29, 1.82) is 0 Å². The highest BCUT2D eigenvalue weighted by molar-refractivity contribution is 5.94. The van der Waals surface area contributed by atoms with E-state index >= 15 is 0 Å². The van der Waals surface area contributed by atoms with Crippen molar-refractivity contribution in [1.82, 2.24) is 9.55 Å². The van der Waals surface area contributed by atoms with Gasteiger partial charge in [-0.2, -0.15) is 0 Å². The number of hydrogen-bond donors (Lipinski definition) is 2. The monoisotopic (exact) mass is 339 g/mol. The van der Waals surface area contributed by atoms with Gasteiger partial charge in [-0.05, 0) is 37.1 Å². The predicted octanol–water partition coefficient (Wildman–Crippen LogP) is 2.82. The fourth-order valence-corrected chi connectivity index (χ4v) is 2.94. The van der Waals surface area contributed by atoms with Crippen molar-refractivity contribution in [2.45, 2.75) is 18.9 Å². The molecule has 0 atom stereocenters. The number of carboxylic acid groups (broad SMARTS) is 1. The van der Waals surface area contributed by atoms with E-state index in [9.17, 15) is 19.1 Å². The number of benzene rings is 1. The first kappa shape index (κ1) is 15.3. The summed E-state index contributed by atoms with van der Waals surface area (Å²) in [6, 6.07) is 5.99. The van der Waals surface area contributed by atoms with Gasteiger partial charge in [0.05, 0.1) is 23.1 Å². The van der Waals surface area contributed by atoms with Crippen LogP contribution in [0.15, 0.2) is 41.5 Å². The topological polar surface area (TPSA) is 98.2 Å². The maximum absolute atomic E-state index is 14.6. The van der Waals surface area contributed by atoms with Gasteiger partial charge in [-0.15, -0.1) is 0 Å². The first-order chi connectivity index (χ1) is 12.0. The molecule has 2 heterocycles. The number of nitrogens with two attached hydrogens (primary N) is 1. The summed E-state index contributed by atoms with van der Waals surface area (Å²) in [5, 5.41) is 9.31. The third-order valence-electron chi connectivity index (χ3n) is 4.35. The van der Waals surface area contributed by atoms with Crippen molar-refractivity contribution >= 4 is 22.6 Å². The highest BCUT2D eigenvalue weighted by atomic mass is 19.1. The fourth-order valence-electron chi connectivity index (χ4n) is 2.94. The molecule has 7 heteroatoms. The van der Waals surface area contributed by atoms with E-state index in [1.165, 1.54) is 12.4 Å². The van der Waals surface area contributed by atoms with Crippen LogP contribution in [0.5, 0.6) is 0 Å². The van der Waals surface area contributed by atoms with Gasteiger partial charge in [0, 0.05) is 23.2 Å². The second-order valence-electron chi connectivity index (χ2n) is 6.14. The van der Waals surface area contributed by atoms with Gasteiger partial charge >= 0.3 is 5.97 Å². The van der Waals surface area contributed by atoms with Crippen molar-refractivity contribution < 1.29 is 14.3 Å². The molecule has 0 aliphatic heterocycles. The van der Waals surface area contributed by atoms with Crippen LogP contribution in [0.2, 0.25) is 0 Å². The van der Waals surface area contributed by atoms with E-state index < -0.39 is 17.2 Å². The maximum Gasteiger partial charge on any atom is 0.341 e. The molecule has 0 amide bonds. The van der Waals surface area contributed by atoms with Crippen LogP contribution in [-0.2, 0) is 0 Å². The summed E-state index contributed by atoms with van der Waals surface area (Å²) in [6.07, 6.45) is 4.57. The molecule has 2 aromatic heterocycles. The number of carbonyl (C=O) groups is 1. The lowest BCUT2D eigenvalue weighted by atomic mass is 10.0. The third-order valence-corrected chi connectivity index (χ3v) is 4.35. The van der Waals surface area contributed by atoms with Crippen LogP contribution in [0.3, 0.4) is 0 Å². The van der Waals surface area contributed by atoms with Crippen LogP contribution in [0.1, 0.15) is 29.2 Å². The molecular weight excluding hydrogens is 325 g/mol. The van der Waals surface area contributed by atoms with Gasteiger partial charge in [0.15, 0.2) is 0 Å². The zero-order valence-corrected chi connectivity index (χ0v) is 13.1. The second-order valence-corrected chi connectivity index (χ2v) is 6.14. The number of aromatic carboxylic acids is 1. The summed E-state index contributed by atoms with van der Waals surface area (Å²) in [6.45, 7) is 0. The van der Waals surface area contributed by atoms with Crippen LogP contribution < -0.4 is 11.2 Å². The molecule has 0 saturated heterocycles. The summed E-state index contributed by atoms with van der Waals surface area (Å²) in [7, 11) is 0. The molecule has 0 unspecified atom stereocenters. The summed E-state index contributed by atoms with van der Waals surface area (Å²) >= 11 is 0. The molecule has 1 aliphatic rings. The Morgan fingerprint density at radius 2 is 2.08 bits per heavy atom. The number of aromatic nitrogens is 2. The Balaban J connectivity index is 2.03. The Hall–Kier alpha value is -3.22. The smallest absolute Gasteiger partial charge is 0.341 e. The zero-order chi connectivity index (χ0) is 17.7. The van der Waals surface area contributed by atoms with E-state index in [0.717, 1.165) is 18.9 Å². The van der Waals surface area contributed by atoms with Crippen molar-refractivity contribution in [3.05, 3.63) is 58.3 Å². The fraction of sp³-hybridized carbons (Fsp3) is 0.167. The Morgan fingerprint density at radius 1 is 1.32 bits per heavy atom. The first-order valence-corrected chi connectivity index (χ1v) is 7.79. The Morgan fingerprint density at radius 3 is 2.68 bits per heavy atom. The molecule has 1 saturated carbocycles. The standard InChI is InChI=1S/C18H14FN3O3/c19-14-5-12-16(6-11(14)15-4-1-9(20)7-21-15)22(10-2-3-10)8-13(17(12)23)18(24)25/h1,4-8,10H,2-3,20H2,(H,24,25). The molecule has 0 radical (unpaired) electrons. The van der Waals surface area contributed by atoms with Crippen LogP contribution in [0.25, 0.3) is 22.2 Å². The average Bonchev–Trinajstić information content (AvgIpc) is 3.41. The summed E-state index contributed by atoms with van der Waals surface area (Å²) < 4.78 is 16.4. The molecule has 1 aliphatic carbocycles. The zero-order valence-electron chi connectivity index (χ0n) is 13.1. The molecule has 3 aromatic rings. The molecule has 3 N–H and O–H groups in total. The number of halogens is 1. The minimum atomic E-state index is -1.31. The normalized spacial score (nSPS) is 14.0. The lowest BCUT2D eigenvalue weighted by Crippen LogP contribution is -2.19. The van der Waals surface area contributed by atoms with Gasteiger partial charge < -0.3 is 15.4 Å². The second kappa shape index (κ2) is 5.41. The van der Waals surface area contributed by atoms with Crippen molar-refractivity contribution in [3.63, 3.8) is 0 Å². The number of fused-ring (bicyclic) bond motifs is 1. The molecule has 0 spiro atoms. The number of rotatable bonds is 3. The molecule has 1 aromatic carbocycles. The molecule has 0 bridgehead atoms. The Bertz CT molecular complexity index is 1070. The van der Waals surface area contributed by atoms with Gasteiger partial charge in [0.2, 0.25) is 5.43 Å². The number of pyridine rings is 2. The minimum Gasteiger partial charge on any atom is -0.477 e. The predicted molar refractivity (Wildman–Crippen MR) is 91.0 cm³/mol. The highest BCUT2D eigenvalue weighted by Gasteiger charge is 2.27. The molecule has 1 fully saturated rings. The quantitative estimate of drug-likeness (QED) is 0.764. The van der Waals surface area contributed by atoms with Gasteiger partial charge in [0.25, 0.3) is 0 Å². The minimum absolute atomic E-state index is 0.0588. The van der Waals surface area contributed by atoms with E-state index in [1.807, 2.05) is 0 Å². The summed E-state index contributed by atoms with van der Waals surface area (Å²) in [5.74, 6) is -1.95. The van der Waals surface area contributed by atoms with E-state index in [0.29, 0.717) is 16.9 Å². The highest BCUT2D eigenvalue weighted by Crippen LogP contribution is 2.38. The van der Waals surface area contributed by atoms with Crippen LogP contribution in [-0.4, -0.2) is 20.6 Å². The largest absolute Gasteiger partial charge is 0.477 e. The third kappa shape index (κ3) is 2.53. The van der Waals surface area contributed by atoms with E-state index in [2.05, 4.69) is 4.98 Å². The summed E-state index contributed by atoms with van der Waals surface area (Å²) in [4.78, 5) is 27.9. The number of hydrogen-bond acceptors (Lipinski definition) is 4. The average molecular weight is 339 g/mol.